The van der Waals surface area contributed by atoms with Crippen LogP contribution in [0, 0.1) is 0 Å². The Labute approximate surface area is 85.2 Å². The molecule has 0 aromatic carbocycles. The molecule has 0 N–H and O–H groups in total. The van der Waals surface area contributed by atoms with E-state index in [0.29, 0.717) is 0 Å². The molecule has 0 aliphatic carbocycles. The van der Waals surface area contributed by atoms with E-state index in [-0.39, 0.29) is 6.10 Å². The number of hydrogen-bond donors (Lipinski definition) is 0. The molecule has 0 heterocycles. The molecule has 0 aromatic rings. The molecule has 0 rings (SSSR count). The van der Waals surface area contributed by atoms with E-state index >= 15 is 0 Å². The summed E-state index contributed by atoms with van der Waals surface area (Å²) >= 11 is 12.0. The molecule has 0 spiro atoms. The van der Waals surface area contributed by atoms with Crippen LogP contribution in [-0.4, -0.2) is 13.0 Å². The van der Waals surface area contributed by atoms with Gasteiger partial charge in [-0.25, -0.2) is 0 Å². The fraction of sp³-hybridized carbons (Fsp3) is 0.750. The highest BCUT2D eigenvalue weighted by molar-refractivity contribution is 7.42. The fourth-order valence-electron chi connectivity index (χ4n) is 0.709. The maximum Gasteiger partial charge on any atom is 0.389 e. The Morgan fingerprint density at radius 3 is 2.42 bits per heavy atom. The summed E-state index contributed by atoms with van der Waals surface area (Å²) in [5, 5.41) is 0. The van der Waals surface area contributed by atoms with Crippen molar-refractivity contribution in [2.45, 2.75) is 39.3 Å². The third kappa shape index (κ3) is 5.20. The summed E-state index contributed by atoms with van der Waals surface area (Å²) in [6.07, 6.45) is 0.931. The smallest absolute Gasteiger partial charge is 0.386 e. The highest BCUT2D eigenvalue weighted by atomic mass is 35.7. The van der Waals surface area contributed by atoms with Gasteiger partial charge in [-0.15, -0.1) is 22.2 Å². The average molecular weight is 227 g/mol. The second-order valence-electron chi connectivity index (χ2n) is 2.99. The standard InChI is InChI=1S/C8H16Cl2OSi/c1-5-6-12(9,10)11-8(4)7(2)3/h8H,2,5-6H2,1,3-4H3. The van der Waals surface area contributed by atoms with Crippen molar-refractivity contribution in [1.82, 2.24) is 0 Å². The van der Waals surface area contributed by atoms with Gasteiger partial charge in [-0.3, -0.25) is 0 Å². The van der Waals surface area contributed by atoms with E-state index in [2.05, 4.69) is 6.58 Å². The molecular formula is C8H16Cl2OSi. The summed E-state index contributed by atoms with van der Waals surface area (Å²) in [4.78, 5) is 0. The summed E-state index contributed by atoms with van der Waals surface area (Å²) in [6.45, 7) is 7.21. The lowest BCUT2D eigenvalue weighted by Gasteiger charge is -2.22. The van der Waals surface area contributed by atoms with Gasteiger partial charge in [0, 0.05) is 0 Å². The Kier molecular flexibility index (Phi) is 5.49. The van der Waals surface area contributed by atoms with Gasteiger partial charge in [0.05, 0.1) is 6.10 Å². The molecule has 0 bridgehead atoms. The van der Waals surface area contributed by atoms with Gasteiger partial charge < -0.3 is 4.43 Å². The predicted molar refractivity (Wildman–Crippen MR) is 57.9 cm³/mol. The maximum absolute atomic E-state index is 6.02. The van der Waals surface area contributed by atoms with Gasteiger partial charge in [-0.1, -0.05) is 25.5 Å². The van der Waals surface area contributed by atoms with Crippen molar-refractivity contribution in [3.8, 4) is 0 Å². The SMILES string of the molecule is C=C(C)C(C)O[Si](Cl)(Cl)CCC. The van der Waals surface area contributed by atoms with Crippen molar-refractivity contribution in [2.24, 2.45) is 0 Å². The molecule has 0 aromatic heterocycles. The summed E-state index contributed by atoms with van der Waals surface area (Å²) in [7, 11) is 0. The van der Waals surface area contributed by atoms with Gasteiger partial charge in [-0.2, -0.15) is 0 Å². The van der Waals surface area contributed by atoms with Crippen LogP contribution in [0.2, 0.25) is 6.04 Å². The maximum atomic E-state index is 6.02. The first kappa shape index (κ1) is 12.5. The molecule has 0 saturated heterocycles. The Bertz CT molecular complexity index is 159. The minimum atomic E-state index is -2.45. The van der Waals surface area contributed by atoms with Crippen LogP contribution < -0.4 is 0 Å². The molecule has 1 unspecified atom stereocenters. The first-order chi connectivity index (χ1) is 5.39. The van der Waals surface area contributed by atoms with Crippen molar-refractivity contribution >= 4 is 29.1 Å². The predicted octanol–water partition coefficient (Wildman–Crippen LogP) is 3.79. The Morgan fingerprint density at radius 1 is 1.58 bits per heavy atom. The van der Waals surface area contributed by atoms with Crippen molar-refractivity contribution in [3.05, 3.63) is 12.2 Å². The van der Waals surface area contributed by atoms with Gasteiger partial charge in [-0.05, 0) is 19.9 Å². The third-order valence-electron chi connectivity index (χ3n) is 1.58. The van der Waals surface area contributed by atoms with Crippen molar-refractivity contribution in [2.75, 3.05) is 0 Å². The molecule has 0 aliphatic rings. The summed E-state index contributed by atoms with van der Waals surface area (Å²) < 4.78 is 5.51. The minimum Gasteiger partial charge on any atom is -0.386 e. The lowest BCUT2D eigenvalue weighted by atomic mass is 10.2. The Balaban J connectivity index is 3.95. The largest absolute Gasteiger partial charge is 0.389 e. The number of hydrogen-bond acceptors (Lipinski definition) is 1. The second kappa shape index (κ2) is 5.27. The molecule has 4 heteroatoms. The second-order valence-corrected chi connectivity index (χ2v) is 9.25. The zero-order chi connectivity index (χ0) is 9.78. The zero-order valence-corrected chi connectivity index (χ0v) is 10.4. The molecular weight excluding hydrogens is 211 g/mol. The lowest BCUT2D eigenvalue weighted by molar-refractivity contribution is 0.262. The molecule has 0 aliphatic heterocycles. The molecule has 1 nitrogen and oxygen atoms in total. The van der Waals surface area contributed by atoms with Crippen molar-refractivity contribution < 1.29 is 4.43 Å². The van der Waals surface area contributed by atoms with E-state index in [9.17, 15) is 0 Å². The van der Waals surface area contributed by atoms with Crippen LogP contribution in [0.3, 0.4) is 0 Å². The van der Waals surface area contributed by atoms with Gasteiger partial charge in [0.1, 0.15) is 0 Å². The number of rotatable bonds is 5. The monoisotopic (exact) mass is 226 g/mol. The molecule has 0 saturated carbocycles. The van der Waals surface area contributed by atoms with Crippen LogP contribution >= 0.6 is 22.2 Å². The highest BCUT2D eigenvalue weighted by Crippen LogP contribution is 2.26. The van der Waals surface area contributed by atoms with E-state index in [4.69, 9.17) is 26.6 Å². The van der Waals surface area contributed by atoms with Gasteiger partial charge >= 0.3 is 6.94 Å². The lowest BCUT2D eigenvalue weighted by Crippen LogP contribution is -2.29. The highest BCUT2D eigenvalue weighted by Gasteiger charge is 2.31. The zero-order valence-electron chi connectivity index (χ0n) is 7.86. The summed E-state index contributed by atoms with van der Waals surface area (Å²) in [5.41, 5.74) is 0.962. The molecule has 12 heavy (non-hydrogen) atoms. The fourth-order valence-corrected chi connectivity index (χ4v) is 4.06. The van der Waals surface area contributed by atoms with E-state index in [0.717, 1.165) is 18.0 Å². The summed E-state index contributed by atoms with van der Waals surface area (Å²) in [6, 6.07) is 0.772. The average Bonchev–Trinajstić information content (AvgIpc) is 1.85. The van der Waals surface area contributed by atoms with Gasteiger partial charge in [0.25, 0.3) is 0 Å². The Hall–Kier alpha value is 0.497. The molecule has 0 radical (unpaired) electrons. The van der Waals surface area contributed by atoms with Crippen LogP contribution in [0.1, 0.15) is 27.2 Å². The first-order valence-electron chi connectivity index (χ1n) is 4.10. The quantitative estimate of drug-likeness (QED) is 0.394. The molecule has 1 atom stereocenters. The van der Waals surface area contributed by atoms with Crippen LogP contribution in [-0.2, 0) is 4.43 Å². The van der Waals surface area contributed by atoms with E-state index in [1.165, 1.54) is 0 Å². The molecule has 72 valence electrons. The number of halogens is 2. The van der Waals surface area contributed by atoms with Crippen LogP contribution in [0.5, 0.6) is 0 Å². The first-order valence-corrected chi connectivity index (χ1v) is 8.24. The van der Waals surface area contributed by atoms with E-state index in [1.54, 1.807) is 0 Å². The Morgan fingerprint density at radius 2 is 2.08 bits per heavy atom. The van der Waals surface area contributed by atoms with Crippen LogP contribution in [0.4, 0.5) is 0 Å². The van der Waals surface area contributed by atoms with E-state index in [1.807, 2.05) is 20.8 Å². The van der Waals surface area contributed by atoms with E-state index < -0.39 is 6.94 Å². The van der Waals surface area contributed by atoms with Crippen LogP contribution in [0.25, 0.3) is 0 Å². The summed E-state index contributed by atoms with van der Waals surface area (Å²) in [5.74, 6) is 0. The molecule has 0 amide bonds. The van der Waals surface area contributed by atoms with Gasteiger partial charge in [0.15, 0.2) is 0 Å². The van der Waals surface area contributed by atoms with Crippen LogP contribution in [0.15, 0.2) is 12.2 Å². The van der Waals surface area contributed by atoms with Crippen molar-refractivity contribution in [1.29, 1.82) is 0 Å². The molecule has 0 fully saturated rings. The topological polar surface area (TPSA) is 9.23 Å². The van der Waals surface area contributed by atoms with Gasteiger partial charge in [0.2, 0.25) is 0 Å². The third-order valence-corrected chi connectivity index (χ3v) is 5.03. The normalized spacial score (nSPS) is 14.4. The minimum absolute atomic E-state index is 0.0294. The van der Waals surface area contributed by atoms with Crippen molar-refractivity contribution in [3.63, 3.8) is 0 Å².